The molecule has 134 valence electrons. The van der Waals surface area contributed by atoms with Crippen molar-refractivity contribution in [3.05, 3.63) is 42.2 Å². The van der Waals surface area contributed by atoms with E-state index in [0.717, 1.165) is 23.7 Å². The second-order valence-corrected chi connectivity index (χ2v) is 5.61. The van der Waals surface area contributed by atoms with Gasteiger partial charge in [0.15, 0.2) is 0 Å². The molecule has 1 aliphatic rings. The zero-order valence-corrected chi connectivity index (χ0v) is 13.8. The molecule has 0 radical (unpaired) electrons. The van der Waals surface area contributed by atoms with Crippen molar-refractivity contribution in [1.82, 2.24) is 9.97 Å². The summed E-state index contributed by atoms with van der Waals surface area (Å²) in [6, 6.07) is 8.65. The second-order valence-electron chi connectivity index (χ2n) is 5.61. The Hall–Kier alpha value is -2.51. The number of hydrogen-bond donors (Lipinski definition) is 0. The molecule has 1 aliphatic heterocycles. The standard InChI is InChI=1S/C17H19F3N4O/c1-2-25-14-6-4-3-5-13(14)23-9-11-24(12-10-23)16-21-8-7-15(22-16)17(18,19)20/h3-8H,2,9-12H2,1H3. The van der Waals surface area contributed by atoms with Crippen LogP contribution in [0.5, 0.6) is 5.75 Å². The fourth-order valence-electron chi connectivity index (χ4n) is 2.80. The molecular weight excluding hydrogens is 333 g/mol. The topological polar surface area (TPSA) is 41.5 Å². The Morgan fingerprint density at radius 3 is 2.40 bits per heavy atom. The van der Waals surface area contributed by atoms with Crippen LogP contribution in [0.3, 0.4) is 0 Å². The average molecular weight is 352 g/mol. The van der Waals surface area contributed by atoms with E-state index in [4.69, 9.17) is 4.74 Å². The first-order valence-corrected chi connectivity index (χ1v) is 8.11. The smallest absolute Gasteiger partial charge is 0.433 e. The third kappa shape index (κ3) is 3.94. The van der Waals surface area contributed by atoms with Crippen LogP contribution in [-0.2, 0) is 6.18 Å². The van der Waals surface area contributed by atoms with Crippen LogP contribution in [0.2, 0.25) is 0 Å². The molecule has 0 saturated carbocycles. The highest BCUT2D eigenvalue weighted by atomic mass is 19.4. The van der Waals surface area contributed by atoms with Crippen molar-refractivity contribution in [3.63, 3.8) is 0 Å². The van der Waals surface area contributed by atoms with Gasteiger partial charge >= 0.3 is 6.18 Å². The van der Waals surface area contributed by atoms with E-state index in [0.29, 0.717) is 32.8 Å². The van der Waals surface area contributed by atoms with Crippen LogP contribution in [0, 0.1) is 0 Å². The van der Waals surface area contributed by atoms with Gasteiger partial charge in [-0.1, -0.05) is 12.1 Å². The number of anilines is 2. The number of para-hydroxylation sites is 2. The molecule has 3 rings (SSSR count). The monoisotopic (exact) mass is 352 g/mol. The number of hydrogen-bond acceptors (Lipinski definition) is 5. The van der Waals surface area contributed by atoms with E-state index in [1.54, 1.807) is 4.90 Å². The van der Waals surface area contributed by atoms with Crippen molar-refractivity contribution < 1.29 is 17.9 Å². The van der Waals surface area contributed by atoms with E-state index >= 15 is 0 Å². The third-order valence-electron chi connectivity index (χ3n) is 4.00. The molecular formula is C17H19F3N4O. The number of benzene rings is 1. The molecule has 2 heterocycles. The lowest BCUT2D eigenvalue weighted by Gasteiger charge is -2.36. The predicted octanol–water partition coefficient (Wildman–Crippen LogP) is 3.22. The van der Waals surface area contributed by atoms with Gasteiger partial charge in [-0.25, -0.2) is 9.97 Å². The van der Waals surface area contributed by atoms with Gasteiger partial charge in [-0.05, 0) is 25.1 Å². The van der Waals surface area contributed by atoms with Crippen LogP contribution in [0.25, 0.3) is 0 Å². The quantitative estimate of drug-likeness (QED) is 0.845. The van der Waals surface area contributed by atoms with Crippen LogP contribution < -0.4 is 14.5 Å². The molecule has 2 aromatic rings. The minimum atomic E-state index is -4.46. The number of halogens is 3. The number of piperazine rings is 1. The summed E-state index contributed by atoms with van der Waals surface area (Å²) in [6.45, 7) is 4.91. The van der Waals surface area contributed by atoms with Gasteiger partial charge in [0, 0.05) is 32.4 Å². The molecule has 1 saturated heterocycles. The minimum Gasteiger partial charge on any atom is -0.492 e. The normalized spacial score (nSPS) is 15.4. The highest BCUT2D eigenvalue weighted by Gasteiger charge is 2.33. The van der Waals surface area contributed by atoms with E-state index in [2.05, 4.69) is 14.9 Å². The van der Waals surface area contributed by atoms with Crippen LogP contribution in [0.1, 0.15) is 12.6 Å². The van der Waals surface area contributed by atoms with E-state index in [-0.39, 0.29) is 5.95 Å². The Kier molecular flexibility index (Phi) is 4.96. The molecule has 0 N–H and O–H groups in total. The van der Waals surface area contributed by atoms with Gasteiger partial charge in [0.1, 0.15) is 11.4 Å². The summed E-state index contributed by atoms with van der Waals surface area (Å²) in [7, 11) is 0. The van der Waals surface area contributed by atoms with Crippen LogP contribution in [-0.4, -0.2) is 42.8 Å². The Labute approximate surface area is 144 Å². The van der Waals surface area contributed by atoms with Gasteiger partial charge in [-0.2, -0.15) is 13.2 Å². The predicted molar refractivity (Wildman–Crippen MR) is 89.1 cm³/mol. The fourth-order valence-corrected chi connectivity index (χ4v) is 2.80. The summed E-state index contributed by atoms with van der Waals surface area (Å²) in [5.74, 6) is 0.932. The van der Waals surface area contributed by atoms with Gasteiger partial charge in [0.05, 0.1) is 12.3 Å². The number of rotatable bonds is 4. The Morgan fingerprint density at radius 2 is 1.72 bits per heavy atom. The summed E-state index contributed by atoms with van der Waals surface area (Å²) in [5.41, 5.74) is 0.0792. The lowest BCUT2D eigenvalue weighted by molar-refractivity contribution is -0.141. The molecule has 0 spiro atoms. The van der Waals surface area contributed by atoms with E-state index in [1.807, 2.05) is 31.2 Å². The first-order valence-electron chi connectivity index (χ1n) is 8.11. The number of alkyl halides is 3. The van der Waals surface area contributed by atoms with Crippen molar-refractivity contribution >= 4 is 11.6 Å². The fraction of sp³-hybridized carbons (Fsp3) is 0.412. The lowest BCUT2D eigenvalue weighted by Crippen LogP contribution is -2.47. The zero-order valence-electron chi connectivity index (χ0n) is 13.8. The van der Waals surface area contributed by atoms with Crippen LogP contribution in [0.4, 0.5) is 24.8 Å². The van der Waals surface area contributed by atoms with Gasteiger partial charge in [-0.3, -0.25) is 0 Å². The summed E-state index contributed by atoms with van der Waals surface area (Å²) in [5, 5.41) is 0. The highest BCUT2D eigenvalue weighted by molar-refractivity contribution is 5.59. The largest absolute Gasteiger partial charge is 0.492 e. The number of aromatic nitrogens is 2. The molecule has 0 aliphatic carbocycles. The molecule has 0 unspecified atom stereocenters. The molecule has 25 heavy (non-hydrogen) atoms. The van der Waals surface area contributed by atoms with Gasteiger partial charge < -0.3 is 14.5 Å². The molecule has 8 heteroatoms. The maximum absolute atomic E-state index is 12.8. The minimum absolute atomic E-state index is 0.118. The first kappa shape index (κ1) is 17.3. The molecule has 1 fully saturated rings. The summed E-state index contributed by atoms with van der Waals surface area (Å²) >= 11 is 0. The lowest BCUT2D eigenvalue weighted by atomic mass is 10.2. The molecule has 0 atom stereocenters. The van der Waals surface area contributed by atoms with Crippen LogP contribution in [0.15, 0.2) is 36.5 Å². The van der Waals surface area contributed by atoms with E-state index in [9.17, 15) is 13.2 Å². The summed E-state index contributed by atoms with van der Waals surface area (Å²) in [6.07, 6.45) is -3.31. The van der Waals surface area contributed by atoms with E-state index < -0.39 is 11.9 Å². The summed E-state index contributed by atoms with van der Waals surface area (Å²) in [4.78, 5) is 11.6. The van der Waals surface area contributed by atoms with Gasteiger partial charge in [0.2, 0.25) is 5.95 Å². The molecule has 0 amide bonds. The van der Waals surface area contributed by atoms with E-state index in [1.165, 1.54) is 0 Å². The van der Waals surface area contributed by atoms with Gasteiger partial charge in [-0.15, -0.1) is 0 Å². The Balaban J connectivity index is 1.70. The Bertz CT molecular complexity index is 715. The average Bonchev–Trinajstić information content (AvgIpc) is 2.62. The maximum Gasteiger partial charge on any atom is 0.433 e. The molecule has 0 bridgehead atoms. The van der Waals surface area contributed by atoms with Crippen molar-refractivity contribution in [2.24, 2.45) is 0 Å². The highest BCUT2D eigenvalue weighted by Crippen LogP contribution is 2.30. The van der Waals surface area contributed by atoms with Crippen molar-refractivity contribution in [2.75, 3.05) is 42.6 Å². The molecule has 1 aromatic heterocycles. The second kappa shape index (κ2) is 7.16. The summed E-state index contributed by atoms with van der Waals surface area (Å²) < 4.78 is 44.1. The Morgan fingerprint density at radius 1 is 1.04 bits per heavy atom. The number of nitrogens with zero attached hydrogens (tertiary/aromatic N) is 4. The number of ether oxygens (including phenoxy) is 1. The molecule has 1 aromatic carbocycles. The third-order valence-corrected chi connectivity index (χ3v) is 4.00. The van der Waals surface area contributed by atoms with Gasteiger partial charge in [0.25, 0.3) is 0 Å². The van der Waals surface area contributed by atoms with Crippen molar-refractivity contribution in [3.8, 4) is 5.75 Å². The van der Waals surface area contributed by atoms with Crippen molar-refractivity contribution in [2.45, 2.75) is 13.1 Å². The first-order chi connectivity index (χ1) is 12.0. The zero-order chi connectivity index (χ0) is 17.9. The molecule has 5 nitrogen and oxygen atoms in total. The van der Waals surface area contributed by atoms with Crippen molar-refractivity contribution in [1.29, 1.82) is 0 Å². The SMILES string of the molecule is CCOc1ccccc1N1CCN(c2nccc(C(F)(F)F)n2)CC1. The van der Waals surface area contributed by atoms with Crippen LogP contribution >= 0.6 is 0 Å². The maximum atomic E-state index is 12.8.